The number of sulfonamides is 1. The molecule has 0 heterocycles. The summed E-state index contributed by atoms with van der Waals surface area (Å²) in [6.45, 7) is 1.39. The number of carbonyl (C=O) groups is 1. The quantitative estimate of drug-likeness (QED) is 0.377. The number of aryl methyl sites for hydroxylation is 2. The SMILES string of the molecule is COc1ccc(OC)c(N(CC(=O)N[C@@H](C)c2ccc3c(c2)CCC3)S(=O)(=O)c2ccc(OC)c(OC)c2)c1. The summed E-state index contributed by atoms with van der Waals surface area (Å²) in [5.41, 5.74) is 3.77. The van der Waals surface area contributed by atoms with Gasteiger partial charge in [0.15, 0.2) is 11.5 Å². The predicted molar refractivity (Wildman–Crippen MR) is 149 cm³/mol. The van der Waals surface area contributed by atoms with Crippen LogP contribution in [0, 0.1) is 0 Å². The maximum Gasteiger partial charge on any atom is 0.265 e. The number of amides is 1. The van der Waals surface area contributed by atoms with E-state index in [4.69, 9.17) is 18.9 Å². The molecule has 1 N–H and O–H groups in total. The van der Waals surface area contributed by atoms with Crippen molar-refractivity contribution in [1.82, 2.24) is 5.32 Å². The molecule has 10 heteroatoms. The first-order valence-electron chi connectivity index (χ1n) is 12.6. The monoisotopic (exact) mass is 554 g/mol. The summed E-state index contributed by atoms with van der Waals surface area (Å²) < 4.78 is 50.5. The lowest BCUT2D eigenvalue weighted by molar-refractivity contribution is -0.120. The van der Waals surface area contributed by atoms with Gasteiger partial charge < -0.3 is 24.3 Å². The van der Waals surface area contributed by atoms with Gasteiger partial charge in [0.1, 0.15) is 18.0 Å². The van der Waals surface area contributed by atoms with Crippen molar-refractivity contribution >= 4 is 21.6 Å². The predicted octanol–water partition coefficient (Wildman–Crippen LogP) is 4.28. The molecule has 208 valence electrons. The fraction of sp³-hybridized carbons (Fsp3) is 0.345. The van der Waals surface area contributed by atoms with E-state index >= 15 is 0 Å². The summed E-state index contributed by atoms with van der Waals surface area (Å²) in [4.78, 5) is 13.3. The van der Waals surface area contributed by atoms with Crippen LogP contribution < -0.4 is 28.6 Å². The van der Waals surface area contributed by atoms with Gasteiger partial charge in [-0.15, -0.1) is 0 Å². The first-order chi connectivity index (χ1) is 18.7. The van der Waals surface area contributed by atoms with Crippen LogP contribution in [-0.4, -0.2) is 49.3 Å². The largest absolute Gasteiger partial charge is 0.497 e. The van der Waals surface area contributed by atoms with E-state index in [1.165, 1.54) is 63.8 Å². The standard InChI is InChI=1S/C29H34N2O7S/c1-19(21-10-9-20-7-6-8-22(20)15-21)30-29(32)18-31(25-16-23(35-2)11-13-26(25)36-3)39(33,34)24-12-14-27(37-4)28(17-24)38-5/h9-17,19H,6-8,18H2,1-5H3,(H,30,32)/t19-/m0/s1. The number of fused-ring (bicyclic) bond motifs is 1. The zero-order valence-electron chi connectivity index (χ0n) is 22.8. The molecule has 0 aliphatic heterocycles. The third-order valence-electron chi connectivity index (χ3n) is 6.88. The zero-order valence-corrected chi connectivity index (χ0v) is 23.6. The Labute approximate surface area is 229 Å². The van der Waals surface area contributed by atoms with Gasteiger partial charge in [-0.05, 0) is 67.1 Å². The van der Waals surface area contributed by atoms with Gasteiger partial charge in [0.05, 0.1) is 45.1 Å². The molecule has 4 rings (SSSR count). The molecular weight excluding hydrogens is 520 g/mol. The first-order valence-corrected chi connectivity index (χ1v) is 14.0. The van der Waals surface area contributed by atoms with Gasteiger partial charge >= 0.3 is 0 Å². The minimum absolute atomic E-state index is 0.0792. The third-order valence-corrected chi connectivity index (χ3v) is 8.64. The fourth-order valence-electron chi connectivity index (χ4n) is 4.76. The molecule has 39 heavy (non-hydrogen) atoms. The molecule has 1 amide bonds. The molecule has 0 bridgehead atoms. The molecule has 1 atom stereocenters. The summed E-state index contributed by atoms with van der Waals surface area (Å²) >= 11 is 0. The van der Waals surface area contributed by atoms with Crippen molar-refractivity contribution in [2.45, 2.75) is 37.1 Å². The van der Waals surface area contributed by atoms with Crippen LogP contribution in [-0.2, 0) is 27.7 Å². The van der Waals surface area contributed by atoms with Crippen molar-refractivity contribution in [2.75, 3.05) is 39.3 Å². The van der Waals surface area contributed by atoms with Crippen molar-refractivity contribution in [1.29, 1.82) is 0 Å². The van der Waals surface area contributed by atoms with Crippen molar-refractivity contribution in [2.24, 2.45) is 0 Å². The number of rotatable bonds is 11. The normalized spacial score (nSPS) is 13.3. The molecule has 0 saturated carbocycles. The Balaban J connectivity index is 1.70. The summed E-state index contributed by atoms with van der Waals surface area (Å²) in [6, 6.07) is 15.0. The third kappa shape index (κ3) is 5.90. The van der Waals surface area contributed by atoms with Crippen LogP contribution >= 0.6 is 0 Å². The molecule has 0 spiro atoms. The summed E-state index contributed by atoms with van der Waals surface area (Å²) in [5, 5.41) is 2.96. The average molecular weight is 555 g/mol. The van der Waals surface area contributed by atoms with E-state index in [9.17, 15) is 13.2 Å². The van der Waals surface area contributed by atoms with Crippen LogP contribution in [0.15, 0.2) is 59.5 Å². The van der Waals surface area contributed by atoms with Crippen LogP contribution in [0.2, 0.25) is 0 Å². The number of carbonyl (C=O) groups excluding carboxylic acids is 1. The second-order valence-corrected chi connectivity index (χ2v) is 11.1. The van der Waals surface area contributed by atoms with E-state index in [2.05, 4.69) is 17.4 Å². The minimum Gasteiger partial charge on any atom is -0.497 e. The second-order valence-electron chi connectivity index (χ2n) is 9.24. The van der Waals surface area contributed by atoms with Gasteiger partial charge in [0.25, 0.3) is 10.0 Å². The van der Waals surface area contributed by atoms with E-state index in [1.807, 2.05) is 13.0 Å². The number of ether oxygens (including phenoxy) is 4. The summed E-state index contributed by atoms with van der Waals surface area (Å²) in [5.74, 6) is 0.815. The highest BCUT2D eigenvalue weighted by atomic mass is 32.2. The van der Waals surface area contributed by atoms with Gasteiger partial charge in [0, 0.05) is 12.1 Å². The van der Waals surface area contributed by atoms with Gasteiger partial charge in [-0.3, -0.25) is 9.10 Å². The maximum absolute atomic E-state index is 14.0. The molecule has 3 aromatic rings. The Morgan fingerprint density at radius 1 is 0.846 bits per heavy atom. The van der Waals surface area contributed by atoms with E-state index in [0.717, 1.165) is 29.1 Å². The highest BCUT2D eigenvalue weighted by Gasteiger charge is 2.31. The average Bonchev–Trinajstić information content (AvgIpc) is 3.43. The van der Waals surface area contributed by atoms with Gasteiger partial charge in [-0.2, -0.15) is 0 Å². The van der Waals surface area contributed by atoms with E-state index in [0.29, 0.717) is 11.5 Å². The number of benzene rings is 3. The summed E-state index contributed by atoms with van der Waals surface area (Å²) in [7, 11) is 1.52. The molecule has 0 aromatic heterocycles. The lowest BCUT2D eigenvalue weighted by Crippen LogP contribution is -2.41. The van der Waals surface area contributed by atoms with Crippen molar-refractivity contribution in [3.05, 3.63) is 71.3 Å². The van der Waals surface area contributed by atoms with Crippen LogP contribution in [0.3, 0.4) is 0 Å². The Morgan fingerprint density at radius 3 is 2.23 bits per heavy atom. The van der Waals surface area contributed by atoms with Gasteiger partial charge in [-0.1, -0.05) is 18.2 Å². The molecule has 1 aliphatic carbocycles. The Kier molecular flexibility index (Phi) is 8.54. The van der Waals surface area contributed by atoms with Gasteiger partial charge in [0.2, 0.25) is 5.91 Å². The number of hydrogen-bond donors (Lipinski definition) is 1. The summed E-state index contributed by atoms with van der Waals surface area (Å²) in [6.07, 6.45) is 3.23. The molecule has 0 saturated heterocycles. The Hall–Kier alpha value is -3.92. The number of nitrogens with zero attached hydrogens (tertiary/aromatic N) is 1. The molecule has 0 unspecified atom stereocenters. The van der Waals surface area contributed by atoms with Gasteiger partial charge in [-0.25, -0.2) is 8.42 Å². The lowest BCUT2D eigenvalue weighted by atomic mass is 10.0. The van der Waals surface area contributed by atoms with Crippen molar-refractivity contribution < 1.29 is 32.2 Å². The number of hydrogen-bond acceptors (Lipinski definition) is 7. The molecule has 3 aromatic carbocycles. The highest BCUT2D eigenvalue weighted by molar-refractivity contribution is 7.92. The van der Waals surface area contributed by atoms with Crippen molar-refractivity contribution in [3.8, 4) is 23.0 Å². The molecule has 9 nitrogen and oxygen atoms in total. The van der Waals surface area contributed by atoms with Crippen LogP contribution in [0.5, 0.6) is 23.0 Å². The molecule has 0 fully saturated rings. The molecular formula is C29H34N2O7S. The lowest BCUT2D eigenvalue weighted by Gasteiger charge is -2.27. The molecule has 1 aliphatic rings. The zero-order chi connectivity index (χ0) is 28.2. The van der Waals surface area contributed by atoms with Crippen LogP contribution in [0.4, 0.5) is 5.69 Å². The number of anilines is 1. The van der Waals surface area contributed by atoms with Crippen molar-refractivity contribution in [3.63, 3.8) is 0 Å². The minimum atomic E-state index is -4.27. The second kappa shape index (κ2) is 11.9. The van der Waals surface area contributed by atoms with E-state index in [1.54, 1.807) is 12.1 Å². The number of nitrogens with one attached hydrogen (secondary N) is 1. The van der Waals surface area contributed by atoms with Crippen LogP contribution in [0.1, 0.15) is 36.1 Å². The fourth-order valence-corrected chi connectivity index (χ4v) is 6.20. The van der Waals surface area contributed by atoms with Crippen LogP contribution in [0.25, 0.3) is 0 Å². The first kappa shape index (κ1) is 28.1. The van der Waals surface area contributed by atoms with E-state index < -0.39 is 22.5 Å². The maximum atomic E-state index is 14.0. The number of methoxy groups -OCH3 is 4. The topological polar surface area (TPSA) is 103 Å². The molecule has 0 radical (unpaired) electrons. The highest BCUT2D eigenvalue weighted by Crippen LogP contribution is 2.37. The van der Waals surface area contributed by atoms with E-state index in [-0.39, 0.29) is 28.1 Å². The smallest absolute Gasteiger partial charge is 0.265 e. The Bertz CT molecular complexity index is 1460. The Morgan fingerprint density at radius 2 is 1.54 bits per heavy atom.